The minimum atomic E-state index is -4.87. The van der Waals surface area contributed by atoms with Gasteiger partial charge in [-0.05, 0) is 43.0 Å². The fraction of sp³-hybridized carbons (Fsp3) is 0.368. The molecule has 1 aromatic carbocycles. The SMILES string of the molecule is CN(c1ncnc2[nH]ccc12)C1CC(CS(=O)(=O)c2cccc(OC(F)(F)F)c2)C1. The van der Waals surface area contributed by atoms with Gasteiger partial charge in [0.25, 0.3) is 0 Å². The Morgan fingerprint density at radius 3 is 2.73 bits per heavy atom. The van der Waals surface area contributed by atoms with E-state index in [1.165, 1.54) is 18.5 Å². The van der Waals surface area contributed by atoms with Crippen molar-refractivity contribution >= 4 is 26.7 Å². The van der Waals surface area contributed by atoms with Crippen molar-refractivity contribution in [3.05, 3.63) is 42.9 Å². The van der Waals surface area contributed by atoms with E-state index in [2.05, 4.69) is 19.7 Å². The summed E-state index contributed by atoms with van der Waals surface area (Å²) in [6.07, 6.45) is -0.334. The predicted molar refractivity (Wildman–Crippen MR) is 104 cm³/mol. The van der Waals surface area contributed by atoms with Gasteiger partial charge < -0.3 is 14.6 Å². The van der Waals surface area contributed by atoms with Crippen molar-refractivity contribution < 1.29 is 26.3 Å². The maximum absolute atomic E-state index is 12.7. The summed E-state index contributed by atoms with van der Waals surface area (Å²) in [4.78, 5) is 13.4. The lowest BCUT2D eigenvalue weighted by Gasteiger charge is -2.41. The average Bonchev–Trinajstić information content (AvgIpc) is 3.11. The molecule has 0 atom stereocenters. The zero-order chi connectivity index (χ0) is 21.5. The molecular weight excluding hydrogens is 421 g/mol. The average molecular weight is 440 g/mol. The van der Waals surface area contributed by atoms with Crippen molar-refractivity contribution in [2.45, 2.75) is 30.1 Å². The molecule has 1 aliphatic carbocycles. The molecule has 0 spiro atoms. The standard InChI is InChI=1S/C19H19F3N4O3S/c1-26(18-16-5-6-23-17(16)24-11-25-18)13-7-12(8-13)10-30(27,28)15-4-2-3-14(9-15)29-19(20,21)22/h2-6,9,11-13H,7-8,10H2,1H3,(H,23,24,25). The predicted octanol–water partition coefficient (Wildman–Crippen LogP) is 3.55. The lowest BCUT2D eigenvalue weighted by Crippen LogP contribution is -2.45. The van der Waals surface area contributed by atoms with Crippen molar-refractivity contribution in [3.63, 3.8) is 0 Å². The number of ether oxygens (including phenoxy) is 1. The molecule has 11 heteroatoms. The van der Waals surface area contributed by atoms with Gasteiger partial charge >= 0.3 is 6.36 Å². The van der Waals surface area contributed by atoms with Gasteiger partial charge in [-0.3, -0.25) is 0 Å². The van der Waals surface area contributed by atoms with Crippen molar-refractivity contribution in [2.24, 2.45) is 5.92 Å². The van der Waals surface area contributed by atoms with Crippen LogP contribution in [-0.4, -0.2) is 48.6 Å². The summed E-state index contributed by atoms with van der Waals surface area (Å²) in [7, 11) is -1.83. The maximum atomic E-state index is 12.7. The summed E-state index contributed by atoms with van der Waals surface area (Å²) in [5.74, 6) is 0.00713. The molecule has 3 aromatic rings. The highest BCUT2D eigenvalue weighted by molar-refractivity contribution is 7.91. The molecule has 30 heavy (non-hydrogen) atoms. The summed E-state index contributed by atoms with van der Waals surface area (Å²) >= 11 is 0. The molecule has 1 saturated carbocycles. The molecule has 0 aliphatic heterocycles. The van der Waals surface area contributed by atoms with E-state index in [1.807, 2.05) is 18.0 Å². The molecule has 7 nitrogen and oxygen atoms in total. The molecule has 0 amide bonds. The van der Waals surface area contributed by atoms with E-state index in [1.54, 1.807) is 6.20 Å². The van der Waals surface area contributed by atoms with E-state index in [-0.39, 0.29) is 22.6 Å². The van der Waals surface area contributed by atoms with Crippen LogP contribution in [-0.2, 0) is 9.84 Å². The largest absolute Gasteiger partial charge is 0.573 e. The zero-order valence-corrected chi connectivity index (χ0v) is 16.7. The second-order valence-electron chi connectivity index (χ2n) is 7.34. The molecule has 4 rings (SSSR count). The number of nitrogens with zero attached hydrogens (tertiary/aromatic N) is 3. The fourth-order valence-electron chi connectivity index (χ4n) is 3.74. The van der Waals surface area contributed by atoms with Crippen LogP contribution < -0.4 is 9.64 Å². The molecule has 160 valence electrons. The Morgan fingerprint density at radius 1 is 1.23 bits per heavy atom. The summed E-state index contributed by atoms with van der Waals surface area (Å²) in [6.45, 7) is 0. The highest BCUT2D eigenvalue weighted by atomic mass is 32.2. The topological polar surface area (TPSA) is 88.2 Å². The Hall–Kier alpha value is -2.82. The molecule has 1 aliphatic rings. The minimum absolute atomic E-state index is 0.0850. The number of alkyl halides is 3. The van der Waals surface area contributed by atoms with Crippen molar-refractivity contribution in [1.82, 2.24) is 15.0 Å². The third kappa shape index (κ3) is 4.20. The van der Waals surface area contributed by atoms with Crippen LogP contribution in [0.4, 0.5) is 19.0 Å². The van der Waals surface area contributed by atoms with E-state index < -0.39 is 21.9 Å². The number of benzene rings is 1. The van der Waals surface area contributed by atoms with Gasteiger partial charge in [0.15, 0.2) is 9.84 Å². The number of H-pyrrole nitrogens is 1. The Balaban J connectivity index is 1.41. The number of rotatable bonds is 6. The smallest absolute Gasteiger partial charge is 0.406 e. The maximum Gasteiger partial charge on any atom is 0.573 e. The third-order valence-electron chi connectivity index (χ3n) is 5.28. The molecule has 1 N–H and O–H groups in total. The third-order valence-corrected chi connectivity index (χ3v) is 7.16. The van der Waals surface area contributed by atoms with Gasteiger partial charge in [-0.2, -0.15) is 0 Å². The van der Waals surface area contributed by atoms with E-state index in [9.17, 15) is 21.6 Å². The number of sulfone groups is 1. The van der Waals surface area contributed by atoms with Gasteiger partial charge in [-0.15, -0.1) is 13.2 Å². The number of aromatic amines is 1. The molecule has 0 saturated heterocycles. The first-order valence-corrected chi connectivity index (χ1v) is 10.9. The van der Waals surface area contributed by atoms with E-state index in [0.29, 0.717) is 12.8 Å². The van der Waals surface area contributed by atoms with Gasteiger partial charge in [0.05, 0.1) is 16.0 Å². The first-order chi connectivity index (χ1) is 14.1. The minimum Gasteiger partial charge on any atom is -0.406 e. The quantitative estimate of drug-likeness (QED) is 0.631. The van der Waals surface area contributed by atoms with Crippen LogP contribution in [0.15, 0.2) is 47.8 Å². The molecule has 0 bridgehead atoms. The number of fused-ring (bicyclic) bond motifs is 1. The molecule has 0 unspecified atom stereocenters. The number of anilines is 1. The number of nitrogens with one attached hydrogen (secondary N) is 1. The first kappa shape index (κ1) is 20.5. The molecular formula is C19H19F3N4O3S. The number of hydrogen-bond donors (Lipinski definition) is 1. The van der Waals surface area contributed by atoms with Gasteiger partial charge in [-0.25, -0.2) is 18.4 Å². The van der Waals surface area contributed by atoms with Crippen LogP contribution in [0, 0.1) is 5.92 Å². The molecule has 2 aromatic heterocycles. The van der Waals surface area contributed by atoms with Crippen LogP contribution in [0.5, 0.6) is 5.75 Å². The van der Waals surface area contributed by atoms with Crippen LogP contribution in [0.1, 0.15) is 12.8 Å². The summed E-state index contributed by atoms with van der Waals surface area (Å²) in [6, 6.07) is 6.52. The molecule has 0 radical (unpaired) electrons. The summed E-state index contributed by atoms with van der Waals surface area (Å²) in [5.41, 5.74) is 0.728. The number of aromatic nitrogens is 3. The molecule has 2 heterocycles. The zero-order valence-electron chi connectivity index (χ0n) is 15.9. The van der Waals surface area contributed by atoms with Crippen molar-refractivity contribution in [2.75, 3.05) is 17.7 Å². The van der Waals surface area contributed by atoms with Crippen LogP contribution in [0.3, 0.4) is 0 Å². The lowest BCUT2D eigenvalue weighted by molar-refractivity contribution is -0.274. The normalized spacial score (nSPS) is 19.5. The lowest BCUT2D eigenvalue weighted by atomic mass is 9.81. The summed E-state index contributed by atoms with van der Waals surface area (Å²) < 4.78 is 66.3. The number of halogens is 3. The van der Waals surface area contributed by atoms with E-state index in [0.717, 1.165) is 29.0 Å². The highest BCUT2D eigenvalue weighted by Gasteiger charge is 2.37. The fourth-order valence-corrected chi connectivity index (χ4v) is 5.40. The van der Waals surface area contributed by atoms with E-state index >= 15 is 0 Å². The monoisotopic (exact) mass is 440 g/mol. The van der Waals surface area contributed by atoms with Gasteiger partial charge in [0.1, 0.15) is 23.5 Å². The van der Waals surface area contributed by atoms with Gasteiger partial charge in [0, 0.05) is 19.3 Å². The first-order valence-electron chi connectivity index (χ1n) is 9.22. The van der Waals surface area contributed by atoms with Gasteiger partial charge in [0.2, 0.25) is 0 Å². The highest BCUT2D eigenvalue weighted by Crippen LogP contribution is 2.37. The molecule has 1 fully saturated rings. The van der Waals surface area contributed by atoms with Crippen molar-refractivity contribution in [1.29, 1.82) is 0 Å². The Labute approximate surface area is 170 Å². The Bertz CT molecular complexity index is 1160. The second-order valence-corrected chi connectivity index (χ2v) is 9.38. The second kappa shape index (κ2) is 7.46. The van der Waals surface area contributed by atoms with Crippen LogP contribution in [0.2, 0.25) is 0 Å². The Morgan fingerprint density at radius 2 is 2.00 bits per heavy atom. The Kier molecular flexibility index (Phi) is 5.08. The van der Waals surface area contributed by atoms with E-state index in [4.69, 9.17) is 0 Å². The number of hydrogen-bond acceptors (Lipinski definition) is 6. The van der Waals surface area contributed by atoms with Crippen LogP contribution in [0.25, 0.3) is 11.0 Å². The summed E-state index contributed by atoms with van der Waals surface area (Å²) in [5, 5.41) is 0.887. The van der Waals surface area contributed by atoms with Gasteiger partial charge in [-0.1, -0.05) is 6.07 Å². The van der Waals surface area contributed by atoms with Crippen LogP contribution >= 0.6 is 0 Å². The van der Waals surface area contributed by atoms with Crippen molar-refractivity contribution in [3.8, 4) is 5.75 Å².